The number of amides is 1. The van der Waals surface area contributed by atoms with Gasteiger partial charge in [0.1, 0.15) is 11.2 Å². The Morgan fingerprint density at radius 2 is 1.89 bits per heavy atom. The summed E-state index contributed by atoms with van der Waals surface area (Å²) in [6.45, 7) is 7.51. The third-order valence-corrected chi connectivity index (χ3v) is 5.65. The van der Waals surface area contributed by atoms with Gasteiger partial charge in [0.05, 0.1) is 14.6 Å². The van der Waals surface area contributed by atoms with Crippen molar-refractivity contribution in [1.29, 1.82) is 0 Å². The van der Waals surface area contributed by atoms with Crippen LogP contribution in [0.5, 0.6) is 0 Å². The number of ketones is 1. The fraction of sp³-hybridized carbons (Fsp3) is 0.350. The van der Waals surface area contributed by atoms with E-state index in [0.29, 0.717) is 31.3 Å². The number of rotatable bonds is 5. The average molecular weight is 441 g/mol. The van der Waals surface area contributed by atoms with Crippen LogP contribution in [-0.2, 0) is 16.1 Å². The van der Waals surface area contributed by atoms with Gasteiger partial charge < -0.3 is 5.32 Å². The lowest BCUT2D eigenvalue weighted by Crippen LogP contribution is -2.38. The minimum absolute atomic E-state index is 0.125. The van der Waals surface area contributed by atoms with Gasteiger partial charge in [-0.25, -0.2) is 0 Å². The molecule has 2 aromatic rings. The summed E-state index contributed by atoms with van der Waals surface area (Å²) in [4.78, 5) is 37.4. The Morgan fingerprint density at radius 3 is 2.46 bits per heavy atom. The van der Waals surface area contributed by atoms with Crippen LogP contribution in [0.2, 0.25) is 10.0 Å². The van der Waals surface area contributed by atoms with Crippen molar-refractivity contribution in [3.05, 3.63) is 53.4 Å². The molecule has 0 aliphatic rings. The van der Waals surface area contributed by atoms with E-state index in [1.165, 1.54) is 10.6 Å². The quantitative estimate of drug-likeness (QED) is 0.776. The molecule has 0 atom stereocenters. The molecule has 0 aliphatic heterocycles. The fourth-order valence-electron chi connectivity index (χ4n) is 2.27. The number of nitrogens with one attached hydrogen (secondary N) is 1. The Labute approximate surface area is 177 Å². The summed E-state index contributed by atoms with van der Waals surface area (Å²) in [6, 6.07) is 5.04. The number of carbonyl (C=O) groups excluding carboxylic acids is 2. The smallest absolute Gasteiger partial charge is 0.269 e. The summed E-state index contributed by atoms with van der Waals surface area (Å²) >= 11 is 13.1. The van der Waals surface area contributed by atoms with Gasteiger partial charge in [-0.2, -0.15) is 0 Å². The summed E-state index contributed by atoms with van der Waals surface area (Å²) in [6.07, 6.45) is 3.10. The molecule has 1 aromatic heterocycles. The van der Waals surface area contributed by atoms with Crippen LogP contribution in [-0.4, -0.2) is 22.8 Å². The average Bonchev–Trinajstić information content (AvgIpc) is 2.86. The number of carbonyl (C=O) groups is 2. The first-order valence-corrected chi connectivity index (χ1v) is 10.3. The second kappa shape index (κ2) is 9.07. The molecule has 5 nitrogen and oxygen atoms in total. The third kappa shape index (κ3) is 5.56. The van der Waals surface area contributed by atoms with Gasteiger partial charge in [-0.3, -0.25) is 19.0 Å². The molecule has 0 bridgehead atoms. The van der Waals surface area contributed by atoms with Crippen LogP contribution >= 0.6 is 34.5 Å². The predicted molar refractivity (Wildman–Crippen MR) is 115 cm³/mol. The van der Waals surface area contributed by atoms with Crippen molar-refractivity contribution in [3.8, 4) is 0 Å². The Hall–Kier alpha value is -1.89. The van der Waals surface area contributed by atoms with Crippen molar-refractivity contribution in [1.82, 2.24) is 9.88 Å². The number of hydrogen-bond acceptors (Lipinski definition) is 4. The number of benzene rings is 1. The Morgan fingerprint density at radius 1 is 1.21 bits per heavy atom. The van der Waals surface area contributed by atoms with Crippen molar-refractivity contribution in [2.75, 3.05) is 6.54 Å². The number of thiazole rings is 1. The first-order valence-electron chi connectivity index (χ1n) is 8.72. The lowest BCUT2D eigenvalue weighted by molar-refractivity contribution is -0.122. The van der Waals surface area contributed by atoms with E-state index in [-0.39, 0.29) is 23.8 Å². The van der Waals surface area contributed by atoms with E-state index in [1.807, 2.05) is 0 Å². The normalized spacial score (nSPS) is 13.1. The molecule has 0 saturated carbocycles. The largest absolute Gasteiger partial charge is 0.355 e. The van der Waals surface area contributed by atoms with Crippen LogP contribution in [0.25, 0.3) is 12.2 Å². The number of aromatic nitrogens is 1. The highest BCUT2D eigenvalue weighted by atomic mass is 35.5. The summed E-state index contributed by atoms with van der Waals surface area (Å²) in [5, 5.41) is 3.47. The number of Topliss-reactive ketones (excluding diaryl/α,β-unsaturated/α-hetero) is 1. The maximum Gasteiger partial charge on any atom is 0.269 e. The van der Waals surface area contributed by atoms with Crippen LogP contribution in [0.1, 0.15) is 33.3 Å². The molecule has 0 unspecified atom stereocenters. The van der Waals surface area contributed by atoms with Gasteiger partial charge in [0.15, 0.2) is 5.78 Å². The van der Waals surface area contributed by atoms with E-state index in [2.05, 4.69) is 5.32 Å². The Balaban J connectivity index is 2.65. The van der Waals surface area contributed by atoms with E-state index in [9.17, 15) is 14.4 Å². The summed E-state index contributed by atoms with van der Waals surface area (Å²) in [7, 11) is 0. The molecule has 1 amide bonds. The third-order valence-electron chi connectivity index (χ3n) is 3.85. The molecule has 0 aliphatic carbocycles. The molecule has 0 spiro atoms. The lowest BCUT2D eigenvalue weighted by Gasteiger charge is -2.12. The maximum absolute atomic E-state index is 12.9. The number of hydrogen-bond donors (Lipinski definition) is 1. The number of likely N-dealkylation sites (N-methyl/N-ethyl adjacent to an activating group) is 1. The minimum atomic E-state index is -0.593. The predicted octanol–water partition coefficient (Wildman–Crippen LogP) is 2.58. The second-order valence-electron chi connectivity index (χ2n) is 7.23. The Bertz CT molecular complexity index is 1080. The van der Waals surface area contributed by atoms with Gasteiger partial charge in [0.25, 0.3) is 5.56 Å². The number of nitrogens with zero attached hydrogens (tertiary/aromatic N) is 1. The number of halogens is 2. The highest BCUT2D eigenvalue weighted by molar-refractivity contribution is 7.07. The SMILES string of the molecule is CCNC(=O)Cn1c(=O)/c(=C\c2ccc(Cl)c(Cl)c2)s/c1=C\C(=O)C(C)(C)C. The molecule has 2 rings (SSSR count). The van der Waals surface area contributed by atoms with Crippen LogP contribution in [0.4, 0.5) is 0 Å². The maximum atomic E-state index is 12.9. The van der Waals surface area contributed by atoms with Gasteiger partial charge in [-0.15, -0.1) is 11.3 Å². The zero-order chi connectivity index (χ0) is 21.1. The van der Waals surface area contributed by atoms with E-state index in [4.69, 9.17) is 23.2 Å². The molecule has 1 aromatic carbocycles. The topological polar surface area (TPSA) is 68.2 Å². The van der Waals surface area contributed by atoms with Crippen molar-refractivity contribution in [2.45, 2.75) is 34.2 Å². The van der Waals surface area contributed by atoms with Crippen LogP contribution in [0.3, 0.4) is 0 Å². The Kier molecular flexibility index (Phi) is 7.26. The van der Waals surface area contributed by atoms with Crippen molar-refractivity contribution in [3.63, 3.8) is 0 Å². The standard InChI is InChI=1S/C20H22Cl2N2O3S/c1-5-23-17(26)11-24-18(10-16(25)20(2,3)4)28-15(19(24)27)9-12-6-7-13(21)14(22)8-12/h6-10H,5,11H2,1-4H3,(H,23,26)/b15-9+,18-10-. The minimum Gasteiger partial charge on any atom is -0.355 e. The highest BCUT2D eigenvalue weighted by Gasteiger charge is 2.20. The van der Waals surface area contributed by atoms with Gasteiger partial charge in [0.2, 0.25) is 5.91 Å². The summed E-state index contributed by atoms with van der Waals surface area (Å²) in [5.74, 6) is -0.416. The first kappa shape index (κ1) is 22.4. The van der Waals surface area contributed by atoms with Gasteiger partial charge in [0, 0.05) is 18.0 Å². The van der Waals surface area contributed by atoms with Crippen molar-refractivity contribution >= 4 is 58.4 Å². The van der Waals surface area contributed by atoms with E-state index in [1.54, 1.807) is 52.0 Å². The van der Waals surface area contributed by atoms with E-state index >= 15 is 0 Å². The molecule has 0 saturated heterocycles. The molecule has 0 radical (unpaired) electrons. The second-order valence-corrected chi connectivity index (χ2v) is 9.10. The molecular weight excluding hydrogens is 419 g/mol. The molecule has 8 heteroatoms. The van der Waals surface area contributed by atoms with Crippen LogP contribution in [0, 0.1) is 5.41 Å². The zero-order valence-electron chi connectivity index (χ0n) is 16.1. The van der Waals surface area contributed by atoms with Gasteiger partial charge in [-0.1, -0.05) is 50.0 Å². The molecule has 1 heterocycles. The molecule has 0 fully saturated rings. The van der Waals surface area contributed by atoms with Gasteiger partial charge in [-0.05, 0) is 30.7 Å². The lowest BCUT2D eigenvalue weighted by atomic mass is 9.91. The molecule has 150 valence electrons. The molecule has 1 N–H and O–H groups in total. The van der Waals surface area contributed by atoms with E-state index in [0.717, 1.165) is 11.3 Å². The van der Waals surface area contributed by atoms with Gasteiger partial charge >= 0.3 is 0 Å². The van der Waals surface area contributed by atoms with Crippen LogP contribution < -0.4 is 20.1 Å². The highest BCUT2D eigenvalue weighted by Crippen LogP contribution is 2.22. The molecule has 28 heavy (non-hydrogen) atoms. The molecular formula is C20H22Cl2N2O3S. The van der Waals surface area contributed by atoms with Crippen molar-refractivity contribution in [2.24, 2.45) is 5.41 Å². The summed E-state index contributed by atoms with van der Waals surface area (Å²) in [5.41, 5.74) is -0.230. The zero-order valence-corrected chi connectivity index (χ0v) is 18.5. The first-order chi connectivity index (χ1) is 13.0. The van der Waals surface area contributed by atoms with Crippen LogP contribution in [0.15, 0.2) is 23.0 Å². The fourth-order valence-corrected chi connectivity index (χ4v) is 3.62. The van der Waals surface area contributed by atoms with Crippen molar-refractivity contribution < 1.29 is 9.59 Å². The monoisotopic (exact) mass is 440 g/mol. The summed E-state index contributed by atoms with van der Waals surface area (Å²) < 4.78 is 2.15. The van der Waals surface area contributed by atoms with E-state index < -0.39 is 5.41 Å².